The van der Waals surface area contributed by atoms with E-state index < -0.39 is 15.9 Å². The summed E-state index contributed by atoms with van der Waals surface area (Å²) in [6, 6.07) is -1.17. The second-order valence-electron chi connectivity index (χ2n) is 2.47. The molecule has 0 bridgehead atoms. The Kier molecular flexibility index (Phi) is 2.62. The van der Waals surface area contributed by atoms with Crippen LogP contribution in [0, 0.1) is 20.2 Å². The van der Waals surface area contributed by atoms with Gasteiger partial charge in [-0.3, -0.25) is 20.2 Å². The highest BCUT2D eigenvalue weighted by molar-refractivity contribution is 6.30. The summed E-state index contributed by atoms with van der Waals surface area (Å²) in [6.07, 6.45) is 2.12. The summed E-state index contributed by atoms with van der Waals surface area (Å²) in [5.74, 6) is 0. The molecular formula is C6H5ClN2O4. The van der Waals surface area contributed by atoms with Crippen molar-refractivity contribution in [2.75, 3.05) is 0 Å². The van der Waals surface area contributed by atoms with E-state index in [0.29, 0.717) is 0 Å². The van der Waals surface area contributed by atoms with Gasteiger partial charge < -0.3 is 0 Å². The summed E-state index contributed by atoms with van der Waals surface area (Å²) in [5.41, 5.74) is -0.189. The molecule has 1 rings (SSSR count). The minimum atomic E-state index is -1.17. The molecule has 6 nitrogen and oxygen atoms in total. The predicted octanol–water partition coefficient (Wildman–Crippen LogP) is 1.32. The third kappa shape index (κ3) is 2.03. The van der Waals surface area contributed by atoms with Gasteiger partial charge in [-0.15, -0.1) is 0 Å². The van der Waals surface area contributed by atoms with E-state index in [1.165, 1.54) is 12.2 Å². The van der Waals surface area contributed by atoms with Gasteiger partial charge >= 0.3 is 0 Å². The molecule has 0 aromatic carbocycles. The highest BCUT2D eigenvalue weighted by Crippen LogP contribution is 2.24. The molecule has 0 aromatic heterocycles. The number of allylic oxidation sites excluding steroid dienone is 2. The molecule has 0 spiro atoms. The Bertz CT molecular complexity index is 323. The second-order valence-corrected chi connectivity index (χ2v) is 2.91. The molecular weight excluding hydrogens is 200 g/mol. The van der Waals surface area contributed by atoms with Crippen LogP contribution in [0.25, 0.3) is 0 Å². The molecule has 1 aliphatic carbocycles. The van der Waals surface area contributed by atoms with Gasteiger partial charge in [0, 0.05) is 11.0 Å². The molecule has 0 saturated carbocycles. The monoisotopic (exact) mass is 204 g/mol. The van der Waals surface area contributed by atoms with Crippen LogP contribution in [0.5, 0.6) is 0 Å². The van der Waals surface area contributed by atoms with Crippen LogP contribution >= 0.6 is 11.6 Å². The van der Waals surface area contributed by atoms with Gasteiger partial charge in [0.15, 0.2) is 0 Å². The van der Waals surface area contributed by atoms with E-state index in [-0.39, 0.29) is 17.2 Å². The summed E-state index contributed by atoms with van der Waals surface area (Å²) in [5, 5.41) is 20.7. The lowest BCUT2D eigenvalue weighted by atomic mass is 10.1. The number of nitrogens with zero attached hydrogens (tertiary/aromatic N) is 2. The molecule has 0 aromatic rings. The first kappa shape index (κ1) is 9.66. The zero-order valence-electron chi connectivity index (χ0n) is 6.34. The van der Waals surface area contributed by atoms with Crippen LogP contribution in [-0.4, -0.2) is 15.9 Å². The lowest BCUT2D eigenvalue weighted by Crippen LogP contribution is -2.24. The van der Waals surface area contributed by atoms with Crippen LogP contribution in [0.3, 0.4) is 0 Å². The Morgan fingerprint density at radius 2 is 2.00 bits per heavy atom. The molecule has 1 aliphatic rings. The molecule has 13 heavy (non-hydrogen) atoms. The van der Waals surface area contributed by atoms with Gasteiger partial charge in [-0.05, 0) is 6.08 Å². The van der Waals surface area contributed by atoms with Crippen molar-refractivity contribution < 1.29 is 9.85 Å². The highest BCUT2D eigenvalue weighted by Gasteiger charge is 2.32. The minimum Gasteiger partial charge on any atom is -0.264 e. The molecule has 0 fully saturated rings. The van der Waals surface area contributed by atoms with E-state index in [4.69, 9.17) is 11.6 Å². The van der Waals surface area contributed by atoms with Crippen LogP contribution < -0.4 is 0 Å². The topological polar surface area (TPSA) is 86.3 Å². The van der Waals surface area contributed by atoms with Crippen LogP contribution in [0.1, 0.15) is 6.42 Å². The first-order chi connectivity index (χ1) is 6.02. The average molecular weight is 205 g/mol. The minimum absolute atomic E-state index is 0.0237. The Balaban J connectivity index is 2.90. The first-order valence-corrected chi connectivity index (χ1v) is 3.74. The molecule has 70 valence electrons. The van der Waals surface area contributed by atoms with Gasteiger partial charge in [-0.1, -0.05) is 11.6 Å². The molecule has 0 heterocycles. The van der Waals surface area contributed by atoms with Crippen molar-refractivity contribution in [2.45, 2.75) is 12.5 Å². The standard InChI is InChI=1S/C6H5ClN2O4/c7-5-2-1-4(8(10)11)3-6(5)9(12)13/h1-2,6H,3H2. The van der Waals surface area contributed by atoms with Crippen molar-refractivity contribution in [1.29, 1.82) is 0 Å². The highest BCUT2D eigenvalue weighted by atomic mass is 35.5. The summed E-state index contributed by atoms with van der Waals surface area (Å²) < 4.78 is 0. The summed E-state index contributed by atoms with van der Waals surface area (Å²) >= 11 is 5.50. The van der Waals surface area contributed by atoms with Crippen molar-refractivity contribution >= 4 is 11.6 Å². The Morgan fingerprint density at radius 3 is 2.46 bits per heavy atom. The van der Waals surface area contributed by atoms with Crippen LogP contribution in [-0.2, 0) is 0 Å². The largest absolute Gasteiger partial charge is 0.264 e. The van der Waals surface area contributed by atoms with Gasteiger partial charge in [0.25, 0.3) is 11.7 Å². The quantitative estimate of drug-likeness (QED) is 0.501. The molecule has 0 aliphatic heterocycles. The fourth-order valence-electron chi connectivity index (χ4n) is 0.961. The fraction of sp³-hybridized carbons (Fsp3) is 0.333. The SMILES string of the molecule is O=[N+]([O-])C1=CC=C(Cl)C([N+](=O)[O-])C1. The third-order valence-corrected chi connectivity index (χ3v) is 2.02. The molecule has 0 saturated heterocycles. The molecule has 1 atom stereocenters. The summed E-state index contributed by atoms with van der Waals surface area (Å²) in [4.78, 5) is 19.4. The second kappa shape index (κ2) is 3.53. The van der Waals surface area contributed by atoms with Gasteiger partial charge in [0.2, 0.25) is 0 Å². The van der Waals surface area contributed by atoms with E-state index in [1.54, 1.807) is 0 Å². The van der Waals surface area contributed by atoms with Crippen molar-refractivity contribution in [3.8, 4) is 0 Å². The van der Waals surface area contributed by atoms with Crippen molar-refractivity contribution in [2.24, 2.45) is 0 Å². The Labute approximate surface area is 77.8 Å². The number of hydrogen-bond donors (Lipinski definition) is 0. The lowest BCUT2D eigenvalue weighted by Gasteiger charge is -2.09. The van der Waals surface area contributed by atoms with Gasteiger partial charge in [-0.2, -0.15) is 0 Å². The van der Waals surface area contributed by atoms with E-state index in [1.807, 2.05) is 0 Å². The van der Waals surface area contributed by atoms with Gasteiger partial charge in [0.1, 0.15) is 6.42 Å². The zero-order valence-corrected chi connectivity index (χ0v) is 7.10. The predicted molar refractivity (Wildman–Crippen MR) is 44.4 cm³/mol. The average Bonchev–Trinajstić information content (AvgIpc) is 2.04. The Hall–Kier alpha value is -1.43. The number of hydrogen-bond acceptors (Lipinski definition) is 4. The van der Waals surface area contributed by atoms with E-state index in [2.05, 4.69) is 0 Å². The molecule has 7 heteroatoms. The van der Waals surface area contributed by atoms with Crippen LogP contribution in [0.4, 0.5) is 0 Å². The summed E-state index contributed by atoms with van der Waals surface area (Å²) in [7, 11) is 0. The van der Waals surface area contributed by atoms with Crippen molar-refractivity contribution in [3.05, 3.63) is 43.1 Å². The van der Waals surface area contributed by atoms with Gasteiger partial charge in [-0.25, -0.2) is 0 Å². The Morgan fingerprint density at radius 1 is 1.38 bits per heavy atom. The van der Waals surface area contributed by atoms with Gasteiger partial charge in [0.05, 0.1) is 9.96 Å². The molecule has 0 N–H and O–H groups in total. The normalized spacial score (nSPS) is 21.8. The third-order valence-electron chi connectivity index (χ3n) is 1.64. The van der Waals surface area contributed by atoms with Crippen LogP contribution in [0.15, 0.2) is 22.9 Å². The fourth-order valence-corrected chi connectivity index (χ4v) is 1.18. The zero-order chi connectivity index (χ0) is 10.0. The smallest absolute Gasteiger partial charge is 0.258 e. The summed E-state index contributed by atoms with van der Waals surface area (Å²) in [6.45, 7) is 0. The first-order valence-electron chi connectivity index (χ1n) is 3.36. The van der Waals surface area contributed by atoms with E-state index >= 15 is 0 Å². The number of nitro groups is 2. The van der Waals surface area contributed by atoms with E-state index in [0.717, 1.165) is 0 Å². The maximum atomic E-state index is 10.4. The molecule has 0 radical (unpaired) electrons. The maximum Gasteiger partial charge on any atom is 0.258 e. The molecule has 1 unspecified atom stereocenters. The van der Waals surface area contributed by atoms with Crippen molar-refractivity contribution in [1.82, 2.24) is 0 Å². The molecule has 0 amide bonds. The number of halogens is 1. The lowest BCUT2D eigenvalue weighted by molar-refractivity contribution is -0.519. The van der Waals surface area contributed by atoms with Crippen LogP contribution in [0.2, 0.25) is 0 Å². The van der Waals surface area contributed by atoms with E-state index in [9.17, 15) is 20.2 Å². The van der Waals surface area contributed by atoms with Crippen molar-refractivity contribution in [3.63, 3.8) is 0 Å². The maximum absolute atomic E-state index is 10.4. The number of rotatable bonds is 2.